The topological polar surface area (TPSA) is 42.7 Å². The third kappa shape index (κ3) is 3.81. The van der Waals surface area contributed by atoms with E-state index in [2.05, 4.69) is 13.8 Å². The number of aryl methyl sites for hydroxylation is 1. The smallest absolute Gasteiger partial charge is 0.246 e. The maximum atomic E-state index is 12.6. The molecule has 1 aromatic heterocycles. The number of carbonyl (C=O) groups is 1. The number of ether oxygens (including phenoxy) is 1. The summed E-state index contributed by atoms with van der Waals surface area (Å²) >= 11 is 0. The van der Waals surface area contributed by atoms with Crippen LogP contribution < -0.4 is 4.74 Å². The number of allylic oxidation sites excluding steroid dienone is 1. The lowest BCUT2D eigenvalue weighted by Crippen LogP contribution is -2.31. The minimum Gasteiger partial charge on any atom is -0.496 e. The molecule has 0 saturated heterocycles. The quantitative estimate of drug-likeness (QED) is 0.685. The zero-order valence-corrected chi connectivity index (χ0v) is 15.3. The fraction of sp³-hybridized carbons (Fsp3) is 0.450. The second-order valence-corrected chi connectivity index (χ2v) is 6.12. The molecule has 0 radical (unpaired) electrons. The van der Waals surface area contributed by atoms with Gasteiger partial charge in [-0.25, -0.2) is 0 Å². The zero-order valence-electron chi connectivity index (χ0n) is 15.3. The van der Waals surface area contributed by atoms with Crippen molar-refractivity contribution in [3.8, 4) is 5.75 Å². The Labute approximate surface area is 144 Å². The molecule has 0 spiro atoms. The summed E-state index contributed by atoms with van der Waals surface area (Å²) in [5, 5.41) is 1.05. The van der Waals surface area contributed by atoms with Crippen LogP contribution in [-0.2, 0) is 4.79 Å². The normalized spacial score (nSPS) is 11.8. The molecule has 0 N–H and O–H groups in total. The molecule has 0 aliphatic carbocycles. The Balaban J connectivity index is 2.39. The van der Waals surface area contributed by atoms with E-state index in [0.717, 1.165) is 59.3 Å². The molecule has 1 aromatic carbocycles. The van der Waals surface area contributed by atoms with Crippen LogP contribution in [0.4, 0.5) is 0 Å². The van der Waals surface area contributed by atoms with Crippen LogP contribution in [0.3, 0.4) is 0 Å². The van der Waals surface area contributed by atoms with E-state index in [1.807, 2.05) is 30.9 Å². The number of hydrogen-bond acceptors (Lipinski definition) is 3. The van der Waals surface area contributed by atoms with Crippen molar-refractivity contribution in [2.24, 2.45) is 0 Å². The molecule has 0 saturated carbocycles. The van der Waals surface area contributed by atoms with Gasteiger partial charge in [0.25, 0.3) is 0 Å². The van der Waals surface area contributed by atoms with Gasteiger partial charge in [-0.1, -0.05) is 13.8 Å². The number of rotatable bonds is 7. The molecule has 4 heteroatoms. The summed E-state index contributed by atoms with van der Waals surface area (Å²) in [6, 6.07) is 3.92. The molecule has 0 aliphatic heterocycles. The Morgan fingerprint density at radius 2 is 1.92 bits per heavy atom. The van der Waals surface area contributed by atoms with Crippen LogP contribution >= 0.6 is 0 Å². The number of hydrogen-bond donors (Lipinski definition) is 0. The Bertz CT molecular complexity index is 737. The highest BCUT2D eigenvalue weighted by molar-refractivity contribution is 5.97. The molecule has 0 bridgehead atoms. The summed E-state index contributed by atoms with van der Waals surface area (Å²) in [5.41, 5.74) is 3.70. The summed E-state index contributed by atoms with van der Waals surface area (Å²) in [5.74, 6) is 0.776. The largest absolute Gasteiger partial charge is 0.496 e. The van der Waals surface area contributed by atoms with E-state index in [-0.39, 0.29) is 5.91 Å². The van der Waals surface area contributed by atoms with Gasteiger partial charge in [0.2, 0.25) is 5.91 Å². The molecule has 0 aliphatic rings. The first-order chi connectivity index (χ1) is 11.5. The minimum atomic E-state index is 0.0577. The molecular formula is C20H27NO3. The second kappa shape index (κ2) is 8.04. The number of fused-ring (bicyclic) bond motifs is 1. The first-order valence-corrected chi connectivity index (χ1v) is 8.55. The lowest BCUT2D eigenvalue weighted by atomic mass is 10.0. The van der Waals surface area contributed by atoms with Gasteiger partial charge in [-0.15, -0.1) is 0 Å². The predicted molar refractivity (Wildman–Crippen MR) is 98.3 cm³/mol. The van der Waals surface area contributed by atoms with Gasteiger partial charge < -0.3 is 14.1 Å². The van der Waals surface area contributed by atoms with Gasteiger partial charge in [0.05, 0.1) is 13.4 Å². The van der Waals surface area contributed by atoms with Crippen molar-refractivity contribution in [1.82, 2.24) is 4.90 Å². The zero-order chi connectivity index (χ0) is 17.7. The van der Waals surface area contributed by atoms with Gasteiger partial charge >= 0.3 is 0 Å². The standard InChI is InChI=1S/C20H27NO3/c1-6-8-21(9-7-2)20(22)10-14(3)16-11-17-15(4)13-24-19(17)12-18(16)23-5/h10-13H,6-9H2,1-5H3/b14-10+. The number of furan rings is 1. The Morgan fingerprint density at radius 1 is 1.25 bits per heavy atom. The van der Waals surface area contributed by atoms with E-state index < -0.39 is 0 Å². The molecule has 2 rings (SSSR count). The average molecular weight is 329 g/mol. The molecule has 1 amide bonds. The van der Waals surface area contributed by atoms with Crippen LogP contribution in [0, 0.1) is 6.92 Å². The summed E-state index contributed by atoms with van der Waals surface area (Å²) < 4.78 is 11.0. The maximum absolute atomic E-state index is 12.6. The average Bonchev–Trinajstić information content (AvgIpc) is 2.93. The van der Waals surface area contributed by atoms with Crippen molar-refractivity contribution < 1.29 is 13.9 Å². The molecular weight excluding hydrogens is 302 g/mol. The molecule has 4 nitrogen and oxygen atoms in total. The molecule has 0 fully saturated rings. The lowest BCUT2D eigenvalue weighted by Gasteiger charge is -2.20. The van der Waals surface area contributed by atoms with E-state index in [1.54, 1.807) is 19.4 Å². The molecule has 24 heavy (non-hydrogen) atoms. The van der Waals surface area contributed by atoms with Crippen LogP contribution in [0.5, 0.6) is 5.75 Å². The van der Waals surface area contributed by atoms with Gasteiger partial charge in [0.15, 0.2) is 0 Å². The van der Waals surface area contributed by atoms with Crippen molar-refractivity contribution in [2.75, 3.05) is 20.2 Å². The van der Waals surface area contributed by atoms with Gasteiger partial charge in [-0.2, -0.15) is 0 Å². The third-order valence-corrected chi connectivity index (χ3v) is 4.15. The Morgan fingerprint density at radius 3 is 2.50 bits per heavy atom. The number of methoxy groups -OCH3 is 1. The van der Waals surface area contributed by atoms with E-state index in [4.69, 9.17) is 9.15 Å². The highest BCUT2D eigenvalue weighted by atomic mass is 16.5. The molecule has 0 atom stereocenters. The highest BCUT2D eigenvalue weighted by Crippen LogP contribution is 2.33. The molecule has 1 heterocycles. The van der Waals surface area contributed by atoms with Gasteiger partial charge in [-0.05, 0) is 43.9 Å². The fourth-order valence-electron chi connectivity index (χ4n) is 2.89. The number of carbonyl (C=O) groups excluding carboxylic acids is 1. The predicted octanol–water partition coefficient (Wildman–Crippen LogP) is 4.80. The SMILES string of the molecule is CCCN(CCC)C(=O)/C=C(\C)c1cc2c(C)coc2cc1OC. The monoisotopic (exact) mass is 329 g/mol. The van der Waals surface area contributed by atoms with E-state index in [9.17, 15) is 4.79 Å². The van der Waals surface area contributed by atoms with Crippen molar-refractivity contribution in [1.29, 1.82) is 0 Å². The van der Waals surface area contributed by atoms with E-state index in [0.29, 0.717) is 0 Å². The van der Waals surface area contributed by atoms with Crippen LogP contribution in [0.25, 0.3) is 16.5 Å². The van der Waals surface area contributed by atoms with Gasteiger partial charge in [-0.3, -0.25) is 4.79 Å². The van der Waals surface area contributed by atoms with Crippen molar-refractivity contribution in [3.63, 3.8) is 0 Å². The fourth-order valence-corrected chi connectivity index (χ4v) is 2.89. The van der Waals surface area contributed by atoms with Crippen LogP contribution in [0.1, 0.15) is 44.7 Å². The second-order valence-electron chi connectivity index (χ2n) is 6.12. The molecule has 130 valence electrons. The van der Waals surface area contributed by atoms with Crippen LogP contribution in [0.15, 0.2) is 28.9 Å². The summed E-state index contributed by atoms with van der Waals surface area (Å²) in [6.45, 7) is 9.71. The number of amides is 1. The Hall–Kier alpha value is -2.23. The third-order valence-electron chi connectivity index (χ3n) is 4.15. The minimum absolute atomic E-state index is 0.0577. The lowest BCUT2D eigenvalue weighted by molar-refractivity contribution is -0.126. The molecule has 2 aromatic rings. The van der Waals surface area contributed by atoms with E-state index in [1.165, 1.54) is 0 Å². The van der Waals surface area contributed by atoms with E-state index >= 15 is 0 Å². The highest BCUT2D eigenvalue weighted by Gasteiger charge is 2.14. The van der Waals surface area contributed by atoms with Crippen LogP contribution in [-0.4, -0.2) is 31.0 Å². The van der Waals surface area contributed by atoms with Gasteiger partial charge in [0.1, 0.15) is 11.3 Å². The van der Waals surface area contributed by atoms with Crippen molar-refractivity contribution in [2.45, 2.75) is 40.5 Å². The van der Waals surface area contributed by atoms with Crippen molar-refractivity contribution >= 4 is 22.4 Å². The molecule has 0 unspecified atom stereocenters. The summed E-state index contributed by atoms with van der Waals surface area (Å²) in [4.78, 5) is 14.5. The summed E-state index contributed by atoms with van der Waals surface area (Å²) in [7, 11) is 1.63. The first kappa shape index (κ1) is 18.1. The number of nitrogens with zero attached hydrogens (tertiary/aromatic N) is 1. The summed E-state index contributed by atoms with van der Waals surface area (Å²) in [6.07, 6.45) is 5.37. The maximum Gasteiger partial charge on any atom is 0.246 e. The van der Waals surface area contributed by atoms with Gasteiger partial charge in [0, 0.05) is 36.2 Å². The Kier molecular flexibility index (Phi) is 6.07. The number of benzene rings is 1. The van der Waals surface area contributed by atoms with Crippen LogP contribution in [0.2, 0.25) is 0 Å². The first-order valence-electron chi connectivity index (χ1n) is 8.55. The van der Waals surface area contributed by atoms with Crippen molar-refractivity contribution in [3.05, 3.63) is 35.6 Å².